The molecule has 6 aromatic heterocycles. The Bertz CT molecular complexity index is 5980. The van der Waals surface area contributed by atoms with Gasteiger partial charge in [-0.05, 0) is 156 Å². The molecule has 0 radical (unpaired) electrons. The second-order valence-corrected chi connectivity index (χ2v) is 24.3. The Morgan fingerprint density at radius 3 is 1.05 bits per heavy atom. The molecule has 6 heterocycles. The van der Waals surface area contributed by atoms with Crippen LogP contribution >= 0.6 is 15.9 Å². The van der Waals surface area contributed by atoms with E-state index in [0.29, 0.717) is 0 Å². The van der Waals surface area contributed by atoms with E-state index in [4.69, 9.17) is 0 Å². The first-order chi connectivity index (χ1) is 45.1. The van der Waals surface area contributed by atoms with Gasteiger partial charge in [0.25, 0.3) is 0 Å². The Hall–Kier alpha value is -11.6. The largest absolute Gasteiger partial charge is 0.354 e. The molecule has 91 heavy (non-hydrogen) atoms. The maximum absolute atomic E-state index is 3.63. The summed E-state index contributed by atoms with van der Waals surface area (Å²) in [6.45, 7) is 0. The van der Waals surface area contributed by atoms with Crippen molar-refractivity contribution < 1.29 is 0 Å². The summed E-state index contributed by atoms with van der Waals surface area (Å²) in [5, 5.41) is 15.6. The van der Waals surface area contributed by atoms with Crippen LogP contribution in [-0.4, -0.2) is 18.4 Å². The van der Waals surface area contributed by atoms with Crippen LogP contribution in [0.15, 0.2) is 332 Å². The zero-order chi connectivity index (χ0) is 60.1. The van der Waals surface area contributed by atoms with E-state index in [1.54, 1.807) is 0 Å². The minimum atomic E-state index is 1.09. The lowest BCUT2D eigenvalue weighted by Gasteiger charge is -2.25. The summed E-state index contributed by atoms with van der Waals surface area (Å²) in [7, 11) is 0. The number of hydrogen-bond donors (Lipinski definition) is 1. The maximum atomic E-state index is 3.63. The fourth-order valence-electron chi connectivity index (χ4n) is 14.6. The third-order valence-corrected chi connectivity index (χ3v) is 18.9. The van der Waals surface area contributed by atoms with E-state index in [-0.39, 0.29) is 0 Å². The number of rotatable bonds is 7. The molecule has 20 aromatic rings. The Morgan fingerprint density at radius 2 is 0.571 bits per heavy atom. The molecule has 7 heteroatoms. The monoisotopic (exact) mass is 1230 g/mol. The van der Waals surface area contributed by atoms with Crippen LogP contribution in [0.2, 0.25) is 0 Å². The maximum Gasteiger partial charge on any atom is 0.0641 e. The van der Waals surface area contributed by atoms with Gasteiger partial charge in [-0.1, -0.05) is 198 Å². The van der Waals surface area contributed by atoms with Gasteiger partial charge in [0.05, 0.1) is 44.1 Å². The molecule has 0 aliphatic rings. The number of hydrogen-bond acceptors (Lipinski definition) is 2. The number of aromatic amines is 1. The lowest BCUT2D eigenvalue weighted by molar-refractivity contribution is 1.17. The molecule has 0 bridgehead atoms. The molecule has 1 N–H and O–H groups in total. The highest BCUT2D eigenvalue weighted by molar-refractivity contribution is 9.10. The quantitative estimate of drug-likeness (QED) is 0.173. The molecule has 0 saturated carbocycles. The van der Waals surface area contributed by atoms with Crippen LogP contribution in [0.3, 0.4) is 0 Å². The summed E-state index contributed by atoms with van der Waals surface area (Å²) in [6, 6.07) is 117. The molecule has 0 amide bonds. The molecule has 0 fully saturated rings. The van der Waals surface area contributed by atoms with Gasteiger partial charge in [-0.15, -0.1) is 0 Å². The number of halogens is 1. The van der Waals surface area contributed by atoms with Gasteiger partial charge >= 0.3 is 0 Å². The number of nitrogens with one attached hydrogen (secondary N) is 1. The average Bonchev–Trinajstić information content (AvgIpc) is 1.54. The molecule has 0 saturated heterocycles. The number of benzene rings is 14. The first-order valence-corrected chi connectivity index (χ1v) is 31.7. The third-order valence-electron chi connectivity index (χ3n) is 18.4. The van der Waals surface area contributed by atoms with Gasteiger partial charge in [0.15, 0.2) is 0 Å². The van der Waals surface area contributed by atoms with Crippen molar-refractivity contribution in [3.8, 4) is 5.69 Å². The van der Waals surface area contributed by atoms with Gasteiger partial charge in [0.2, 0.25) is 0 Å². The molecule has 0 atom stereocenters. The van der Waals surface area contributed by atoms with Crippen molar-refractivity contribution in [2.75, 3.05) is 9.80 Å². The third kappa shape index (κ3) is 8.32. The van der Waals surface area contributed by atoms with Gasteiger partial charge < -0.3 is 28.2 Å². The van der Waals surface area contributed by atoms with Crippen LogP contribution in [0.4, 0.5) is 34.1 Å². The highest BCUT2D eigenvalue weighted by atomic mass is 79.9. The fourth-order valence-corrected chi connectivity index (χ4v) is 14.9. The van der Waals surface area contributed by atoms with Crippen molar-refractivity contribution in [1.29, 1.82) is 0 Å². The van der Waals surface area contributed by atoms with Gasteiger partial charge in [-0.2, -0.15) is 0 Å². The molecule has 0 unspecified atom stereocenters. The highest BCUT2D eigenvalue weighted by Crippen LogP contribution is 2.47. The molecular formula is C84H55BrN6. The number of para-hydroxylation sites is 8. The summed E-state index contributed by atoms with van der Waals surface area (Å²) in [4.78, 5) is 8.19. The summed E-state index contributed by atoms with van der Waals surface area (Å²) < 4.78 is 8.48. The smallest absolute Gasteiger partial charge is 0.0641 e. The van der Waals surface area contributed by atoms with E-state index < -0.39 is 0 Å². The molecular weight excluding hydrogens is 1170 g/mol. The van der Waals surface area contributed by atoms with Gasteiger partial charge in [0.1, 0.15) is 0 Å². The molecule has 0 aliphatic heterocycles. The number of fused-ring (bicyclic) bond motifs is 12. The van der Waals surface area contributed by atoms with E-state index in [2.05, 4.69) is 360 Å². The summed E-state index contributed by atoms with van der Waals surface area (Å²) in [5.41, 5.74) is 20.4. The topological polar surface area (TPSA) is 36.0 Å². The van der Waals surface area contributed by atoms with Crippen LogP contribution in [-0.2, 0) is 0 Å². The number of anilines is 6. The van der Waals surface area contributed by atoms with Gasteiger partial charge in [-0.3, -0.25) is 0 Å². The van der Waals surface area contributed by atoms with Crippen molar-refractivity contribution in [3.63, 3.8) is 0 Å². The first kappa shape index (κ1) is 52.5. The Labute approximate surface area is 532 Å². The zero-order valence-corrected chi connectivity index (χ0v) is 50.9. The van der Waals surface area contributed by atoms with Crippen LogP contribution in [0.1, 0.15) is 0 Å². The predicted molar refractivity (Wildman–Crippen MR) is 389 cm³/mol. The average molecular weight is 1230 g/mol. The molecule has 6 nitrogen and oxygen atoms in total. The summed E-state index contributed by atoms with van der Waals surface area (Å²) >= 11 is 3.49. The van der Waals surface area contributed by atoms with E-state index >= 15 is 0 Å². The number of H-pyrrole nitrogens is 1. The fraction of sp³-hybridized carbons (Fsp3) is 0. The van der Waals surface area contributed by atoms with Crippen LogP contribution in [0.5, 0.6) is 0 Å². The molecule has 0 aliphatic carbocycles. The highest BCUT2D eigenvalue weighted by Gasteiger charge is 2.24. The Morgan fingerprint density at radius 1 is 0.231 bits per heavy atom. The van der Waals surface area contributed by atoms with Crippen LogP contribution < -0.4 is 9.80 Å². The number of aromatic nitrogens is 4. The lowest BCUT2D eigenvalue weighted by atomic mass is 10.0. The Balaban J connectivity index is 0.000000112. The van der Waals surface area contributed by atoms with E-state index in [1.165, 1.54) is 120 Å². The minimum Gasteiger partial charge on any atom is -0.354 e. The van der Waals surface area contributed by atoms with E-state index in [0.717, 1.165) is 44.3 Å². The van der Waals surface area contributed by atoms with Crippen molar-refractivity contribution in [2.45, 2.75) is 0 Å². The zero-order valence-electron chi connectivity index (χ0n) is 49.3. The number of nitrogens with zero attached hydrogens (tertiary/aromatic N) is 5. The van der Waals surface area contributed by atoms with Crippen molar-refractivity contribution in [1.82, 2.24) is 18.4 Å². The van der Waals surface area contributed by atoms with Crippen molar-refractivity contribution in [2.24, 2.45) is 0 Å². The standard InChI is InChI=1S/C42H27N3.C24H14N2.C18H14BrN/c1-3-12-28(13-4-1)43(29-14-5-2-6-15-29)30-22-24-31(25-23-30)44-38-21-11-18-34-32-16-7-9-19-36(32)45-37-20-10-8-17-33(37)35-26-27-39(44)41(40(34)38)42(35)45;1-3-10-20-14(6-1)16-8-5-9-18-22(16)23-19(25-18)13-12-17-15-7-2-4-11-21(15)26(20)24(17)23;19-15-11-13-18(14-12-15)20(16-7-3-1-4-8-16)17-9-5-2-6-10-17/h1-27H;1-13,25H;1-14H. The predicted octanol–water partition coefficient (Wildman–Crippen LogP) is 23.8. The van der Waals surface area contributed by atoms with Crippen LogP contribution in [0, 0.1) is 0 Å². The SMILES string of the molecule is Brc1ccc(N(c2ccccc2)c2ccccc2)cc1.c1cc2[nH]c3ccc4c5ccccc5n5c6ccccc6c(c1)c2c3c45.c1ccc(N(c2ccccc2)c2ccc(-n3c4cccc5c6ccccc6n6c7ccccc7c7ccc3c(c54)c76)cc2)cc1. The van der Waals surface area contributed by atoms with Crippen LogP contribution in [0.25, 0.3) is 125 Å². The van der Waals surface area contributed by atoms with Gasteiger partial charge in [0, 0.05) is 109 Å². The lowest BCUT2D eigenvalue weighted by Crippen LogP contribution is -2.09. The second kappa shape index (κ2) is 21.3. The normalized spacial score (nSPS) is 11.8. The molecule has 0 spiro atoms. The molecule has 14 aromatic carbocycles. The summed E-state index contributed by atoms with van der Waals surface area (Å²) in [6.07, 6.45) is 0. The second-order valence-electron chi connectivity index (χ2n) is 23.4. The van der Waals surface area contributed by atoms with Gasteiger partial charge in [-0.25, -0.2) is 0 Å². The van der Waals surface area contributed by atoms with E-state index in [1.807, 2.05) is 12.1 Å². The molecule has 428 valence electrons. The first-order valence-electron chi connectivity index (χ1n) is 30.9. The molecule has 20 rings (SSSR count). The van der Waals surface area contributed by atoms with Crippen molar-refractivity contribution in [3.05, 3.63) is 332 Å². The minimum absolute atomic E-state index is 1.09. The Kier molecular flexibility index (Phi) is 12.3. The summed E-state index contributed by atoms with van der Waals surface area (Å²) in [5.74, 6) is 0. The van der Waals surface area contributed by atoms with Crippen molar-refractivity contribution >= 4 is 170 Å². The van der Waals surface area contributed by atoms with E-state index in [9.17, 15) is 0 Å².